The molecule has 0 spiro atoms. The Morgan fingerprint density at radius 1 is 1.10 bits per heavy atom. The van der Waals surface area contributed by atoms with Crippen molar-refractivity contribution >= 4 is 0 Å². The number of alkyl halides is 3. The molecule has 0 aliphatic carbocycles. The molecule has 0 fully saturated rings. The number of hydrogen-bond donors (Lipinski definition) is 1. The van der Waals surface area contributed by atoms with Gasteiger partial charge < -0.3 is 5.32 Å². The molecule has 112 valence electrons. The molecule has 0 saturated carbocycles. The molecule has 6 heteroatoms. The lowest BCUT2D eigenvalue weighted by Crippen LogP contribution is -2.23. The largest absolute Gasteiger partial charge is 0.416 e. The van der Waals surface area contributed by atoms with E-state index in [0.29, 0.717) is 6.42 Å². The molecule has 0 radical (unpaired) electrons. The highest BCUT2D eigenvalue weighted by Crippen LogP contribution is 2.29. The van der Waals surface area contributed by atoms with Crippen molar-refractivity contribution in [1.29, 1.82) is 0 Å². The van der Waals surface area contributed by atoms with Crippen molar-refractivity contribution in [3.63, 3.8) is 0 Å². The fraction of sp³-hybridized carbons (Fsp3) is 0.333. The fourth-order valence-corrected chi connectivity index (χ4v) is 2.13. The van der Waals surface area contributed by atoms with E-state index in [4.69, 9.17) is 0 Å². The molecular weight excluding hydrogens is 279 g/mol. The summed E-state index contributed by atoms with van der Waals surface area (Å²) in [4.78, 5) is 0. The smallest absolute Gasteiger partial charge is 0.310 e. The van der Waals surface area contributed by atoms with Gasteiger partial charge in [0.05, 0.1) is 11.8 Å². The first kappa shape index (κ1) is 15.4. The summed E-state index contributed by atoms with van der Waals surface area (Å²) in [7, 11) is 0. The quantitative estimate of drug-likeness (QED) is 0.919. The molecule has 0 amide bonds. The number of aromatic nitrogens is 2. The highest BCUT2D eigenvalue weighted by Gasteiger charge is 2.30. The summed E-state index contributed by atoms with van der Waals surface area (Å²) in [6, 6.07) is 7.11. The molecule has 1 heterocycles. The Morgan fingerprint density at radius 2 is 1.81 bits per heavy atom. The normalized spacial score (nSPS) is 13.1. The van der Waals surface area contributed by atoms with E-state index in [1.165, 1.54) is 12.1 Å². The van der Waals surface area contributed by atoms with Crippen LogP contribution in [0.1, 0.15) is 29.7 Å². The topological polar surface area (TPSA) is 37.8 Å². The molecule has 0 bridgehead atoms. The Morgan fingerprint density at radius 3 is 2.33 bits per heavy atom. The maximum Gasteiger partial charge on any atom is 0.416 e. The highest BCUT2D eigenvalue weighted by molar-refractivity contribution is 5.26. The second-order valence-electron chi connectivity index (χ2n) is 4.68. The van der Waals surface area contributed by atoms with Gasteiger partial charge >= 0.3 is 6.18 Å². The van der Waals surface area contributed by atoms with Crippen LogP contribution in [-0.4, -0.2) is 16.7 Å². The molecule has 1 aromatic heterocycles. The van der Waals surface area contributed by atoms with Gasteiger partial charge in [0.15, 0.2) is 0 Å². The van der Waals surface area contributed by atoms with Crippen LogP contribution >= 0.6 is 0 Å². The van der Waals surface area contributed by atoms with Crippen LogP contribution in [0.25, 0.3) is 0 Å². The molecule has 2 rings (SSSR count). The Kier molecular flexibility index (Phi) is 4.90. The van der Waals surface area contributed by atoms with E-state index < -0.39 is 11.7 Å². The van der Waals surface area contributed by atoms with Crippen LogP contribution in [0.2, 0.25) is 0 Å². The van der Waals surface area contributed by atoms with Crippen molar-refractivity contribution in [2.75, 3.05) is 6.54 Å². The van der Waals surface area contributed by atoms with Crippen LogP contribution in [0.3, 0.4) is 0 Å². The van der Waals surface area contributed by atoms with Crippen LogP contribution in [-0.2, 0) is 12.6 Å². The van der Waals surface area contributed by atoms with Gasteiger partial charge in [0.25, 0.3) is 0 Å². The number of likely N-dealkylation sites (N-methyl/N-ethyl adjacent to an activating group) is 1. The average molecular weight is 295 g/mol. The Balaban J connectivity index is 2.14. The third-order valence-electron chi connectivity index (χ3n) is 3.18. The van der Waals surface area contributed by atoms with Gasteiger partial charge in [0.2, 0.25) is 0 Å². The molecule has 21 heavy (non-hydrogen) atoms. The number of rotatable bonds is 5. The minimum atomic E-state index is -4.30. The van der Waals surface area contributed by atoms with Gasteiger partial charge in [-0.3, -0.25) is 0 Å². The predicted octanol–water partition coefficient (Wildman–Crippen LogP) is 3.39. The third kappa shape index (κ3) is 4.26. The molecular formula is C15H16F3N3. The van der Waals surface area contributed by atoms with E-state index in [0.717, 1.165) is 29.8 Å². The maximum atomic E-state index is 12.5. The van der Waals surface area contributed by atoms with Gasteiger partial charge in [0, 0.05) is 12.2 Å². The molecule has 2 aromatic rings. The first-order valence-electron chi connectivity index (χ1n) is 6.67. The van der Waals surface area contributed by atoms with Crippen LogP contribution in [0.4, 0.5) is 13.2 Å². The van der Waals surface area contributed by atoms with E-state index in [9.17, 15) is 13.2 Å². The van der Waals surface area contributed by atoms with Crippen molar-refractivity contribution in [2.24, 2.45) is 0 Å². The van der Waals surface area contributed by atoms with Gasteiger partial charge in [-0.15, -0.1) is 0 Å². The van der Waals surface area contributed by atoms with Gasteiger partial charge in [-0.2, -0.15) is 23.4 Å². The van der Waals surface area contributed by atoms with E-state index >= 15 is 0 Å². The summed E-state index contributed by atoms with van der Waals surface area (Å²) in [5.41, 5.74) is 1.18. The van der Waals surface area contributed by atoms with Crippen molar-refractivity contribution < 1.29 is 13.2 Å². The minimum absolute atomic E-state index is 0.00207. The van der Waals surface area contributed by atoms with E-state index in [1.807, 2.05) is 13.0 Å². The van der Waals surface area contributed by atoms with Crippen molar-refractivity contribution in [1.82, 2.24) is 15.5 Å². The monoisotopic (exact) mass is 295 g/mol. The zero-order valence-corrected chi connectivity index (χ0v) is 11.6. The minimum Gasteiger partial charge on any atom is -0.310 e. The second-order valence-corrected chi connectivity index (χ2v) is 4.68. The SMILES string of the molecule is CCNC(Cc1ccc(C(F)(F)F)cc1)c1ccnnc1. The molecule has 1 aromatic carbocycles. The molecule has 1 N–H and O–H groups in total. The van der Waals surface area contributed by atoms with Gasteiger partial charge in [-0.25, -0.2) is 0 Å². The van der Waals surface area contributed by atoms with Gasteiger partial charge in [-0.1, -0.05) is 19.1 Å². The zero-order chi connectivity index (χ0) is 15.3. The molecule has 1 atom stereocenters. The number of nitrogens with zero attached hydrogens (tertiary/aromatic N) is 2. The van der Waals surface area contributed by atoms with Crippen molar-refractivity contribution in [3.8, 4) is 0 Å². The first-order valence-corrected chi connectivity index (χ1v) is 6.67. The van der Waals surface area contributed by atoms with E-state index in [2.05, 4.69) is 15.5 Å². The van der Waals surface area contributed by atoms with Crippen LogP contribution < -0.4 is 5.32 Å². The Bertz CT molecular complexity index is 553. The summed E-state index contributed by atoms with van der Waals surface area (Å²) < 4.78 is 37.6. The van der Waals surface area contributed by atoms with Crippen LogP contribution in [0, 0.1) is 0 Å². The molecule has 0 aliphatic heterocycles. The lowest BCUT2D eigenvalue weighted by molar-refractivity contribution is -0.137. The standard InChI is InChI=1S/C15H16F3N3/c1-2-19-14(12-7-8-20-21-10-12)9-11-3-5-13(6-4-11)15(16,17)18/h3-8,10,14,19H,2,9H2,1H3. The lowest BCUT2D eigenvalue weighted by Gasteiger charge is -2.18. The zero-order valence-electron chi connectivity index (χ0n) is 11.6. The summed E-state index contributed by atoms with van der Waals surface area (Å²) in [5.74, 6) is 0. The first-order chi connectivity index (χ1) is 10.0. The second kappa shape index (κ2) is 6.67. The predicted molar refractivity (Wildman–Crippen MR) is 73.6 cm³/mol. The van der Waals surface area contributed by atoms with Crippen molar-refractivity contribution in [3.05, 3.63) is 59.4 Å². The summed E-state index contributed by atoms with van der Waals surface area (Å²) >= 11 is 0. The summed E-state index contributed by atoms with van der Waals surface area (Å²) in [6.45, 7) is 2.74. The van der Waals surface area contributed by atoms with Gasteiger partial charge in [0.1, 0.15) is 0 Å². The highest BCUT2D eigenvalue weighted by atomic mass is 19.4. The van der Waals surface area contributed by atoms with Crippen LogP contribution in [0.15, 0.2) is 42.7 Å². The summed E-state index contributed by atoms with van der Waals surface area (Å²) in [6.07, 6.45) is -0.434. The molecule has 0 saturated heterocycles. The maximum absolute atomic E-state index is 12.5. The van der Waals surface area contributed by atoms with Crippen molar-refractivity contribution in [2.45, 2.75) is 25.6 Å². The Labute approximate surface area is 121 Å². The van der Waals surface area contributed by atoms with Crippen LogP contribution in [0.5, 0.6) is 0 Å². The molecule has 0 aliphatic rings. The number of benzene rings is 1. The molecule has 1 unspecified atom stereocenters. The lowest BCUT2D eigenvalue weighted by atomic mass is 9.99. The average Bonchev–Trinajstić information content (AvgIpc) is 2.47. The molecule has 3 nitrogen and oxygen atoms in total. The number of nitrogens with one attached hydrogen (secondary N) is 1. The van der Waals surface area contributed by atoms with Gasteiger partial charge in [-0.05, 0) is 42.3 Å². The summed E-state index contributed by atoms with van der Waals surface area (Å²) in [5, 5.41) is 10.9. The number of hydrogen-bond acceptors (Lipinski definition) is 3. The van der Waals surface area contributed by atoms with E-state index in [-0.39, 0.29) is 6.04 Å². The number of halogens is 3. The van der Waals surface area contributed by atoms with E-state index in [1.54, 1.807) is 12.4 Å². The Hall–Kier alpha value is -1.95. The fourth-order valence-electron chi connectivity index (χ4n) is 2.13. The third-order valence-corrected chi connectivity index (χ3v) is 3.18.